The highest BCUT2D eigenvalue weighted by Gasteiger charge is 2.16. The number of aromatic nitrogens is 1. The van der Waals surface area contributed by atoms with Crippen molar-refractivity contribution >= 4 is 43.3 Å². The fraction of sp³-hybridized carbons (Fsp3) is 0.316. The highest BCUT2D eigenvalue weighted by Crippen LogP contribution is 2.31. The average molecular weight is 439 g/mol. The van der Waals surface area contributed by atoms with Gasteiger partial charge in [0.2, 0.25) is 10.0 Å². The number of thioether (sulfide) groups is 1. The van der Waals surface area contributed by atoms with Crippen molar-refractivity contribution in [2.45, 2.75) is 22.6 Å². The SMILES string of the molecule is CCSc1nc2ccc(S(=O)(=O)NCCc3ccc(OC)c(OC)c3)cc2s1. The smallest absolute Gasteiger partial charge is 0.240 e. The Hall–Kier alpha value is -1.81. The lowest BCUT2D eigenvalue weighted by atomic mass is 10.1. The second-order valence-corrected chi connectivity index (χ2v) is 10.2. The van der Waals surface area contributed by atoms with Crippen LogP contribution in [0.1, 0.15) is 12.5 Å². The highest BCUT2D eigenvalue weighted by atomic mass is 32.2. The number of nitrogens with one attached hydrogen (secondary N) is 1. The fourth-order valence-electron chi connectivity index (χ4n) is 2.69. The normalized spacial score (nSPS) is 11.7. The van der Waals surface area contributed by atoms with Crippen molar-refractivity contribution in [1.29, 1.82) is 0 Å². The van der Waals surface area contributed by atoms with E-state index in [1.54, 1.807) is 44.2 Å². The third kappa shape index (κ3) is 4.78. The first-order chi connectivity index (χ1) is 13.5. The summed E-state index contributed by atoms with van der Waals surface area (Å²) in [7, 11) is -0.435. The molecule has 2 aromatic carbocycles. The van der Waals surface area contributed by atoms with Crippen LogP contribution < -0.4 is 14.2 Å². The van der Waals surface area contributed by atoms with Crippen LogP contribution in [0.2, 0.25) is 0 Å². The van der Waals surface area contributed by atoms with Crippen LogP contribution in [0.5, 0.6) is 11.5 Å². The number of benzene rings is 2. The lowest BCUT2D eigenvalue weighted by Gasteiger charge is -2.10. The van der Waals surface area contributed by atoms with E-state index in [2.05, 4.69) is 16.6 Å². The molecule has 0 bridgehead atoms. The van der Waals surface area contributed by atoms with Gasteiger partial charge in [0.15, 0.2) is 15.8 Å². The molecule has 9 heteroatoms. The lowest BCUT2D eigenvalue weighted by molar-refractivity contribution is 0.354. The Labute approximate surface area is 173 Å². The van der Waals surface area contributed by atoms with Crippen LogP contribution in [0.4, 0.5) is 0 Å². The van der Waals surface area contributed by atoms with Gasteiger partial charge >= 0.3 is 0 Å². The summed E-state index contributed by atoms with van der Waals surface area (Å²) < 4.78 is 40.3. The summed E-state index contributed by atoms with van der Waals surface area (Å²) >= 11 is 3.17. The minimum absolute atomic E-state index is 0.254. The number of fused-ring (bicyclic) bond motifs is 1. The van der Waals surface area contributed by atoms with Gasteiger partial charge in [0.1, 0.15) is 0 Å². The Kier molecular flexibility index (Phi) is 6.82. The summed E-state index contributed by atoms with van der Waals surface area (Å²) in [6.07, 6.45) is 0.541. The predicted octanol–water partition coefficient (Wildman–Crippen LogP) is 3.95. The average Bonchev–Trinajstić information content (AvgIpc) is 3.09. The highest BCUT2D eigenvalue weighted by molar-refractivity contribution is 8.01. The minimum Gasteiger partial charge on any atom is -0.493 e. The molecule has 0 saturated heterocycles. The molecule has 6 nitrogen and oxygen atoms in total. The minimum atomic E-state index is -3.59. The molecule has 150 valence electrons. The van der Waals surface area contributed by atoms with Crippen molar-refractivity contribution in [1.82, 2.24) is 9.71 Å². The molecule has 0 amide bonds. The molecule has 0 atom stereocenters. The van der Waals surface area contributed by atoms with Crippen LogP contribution in [0.25, 0.3) is 10.2 Å². The Balaban J connectivity index is 1.69. The zero-order valence-electron chi connectivity index (χ0n) is 15.9. The van der Waals surface area contributed by atoms with E-state index in [4.69, 9.17) is 9.47 Å². The van der Waals surface area contributed by atoms with Crippen LogP contribution in [0, 0.1) is 0 Å². The first-order valence-corrected chi connectivity index (χ1v) is 12.0. The van der Waals surface area contributed by atoms with Gasteiger partial charge < -0.3 is 9.47 Å². The number of nitrogens with zero attached hydrogens (tertiary/aromatic N) is 1. The molecular formula is C19H22N2O4S3. The number of ether oxygens (including phenoxy) is 2. The molecule has 0 aliphatic heterocycles. The van der Waals surface area contributed by atoms with Crippen molar-refractivity contribution in [3.63, 3.8) is 0 Å². The Morgan fingerprint density at radius 2 is 1.89 bits per heavy atom. The number of thiazole rings is 1. The summed E-state index contributed by atoms with van der Waals surface area (Å²) in [5, 5.41) is 0. The number of hydrogen-bond acceptors (Lipinski definition) is 7. The van der Waals surface area contributed by atoms with Crippen LogP contribution in [0.3, 0.4) is 0 Å². The van der Waals surface area contributed by atoms with E-state index < -0.39 is 10.0 Å². The molecule has 0 radical (unpaired) electrons. The number of sulfonamides is 1. The molecule has 0 saturated carbocycles. The van der Waals surface area contributed by atoms with Crippen LogP contribution in [0.15, 0.2) is 45.6 Å². The van der Waals surface area contributed by atoms with Gasteiger partial charge in [-0.05, 0) is 48.1 Å². The maximum atomic E-state index is 12.6. The van der Waals surface area contributed by atoms with Gasteiger partial charge in [-0.15, -0.1) is 11.3 Å². The van der Waals surface area contributed by atoms with E-state index in [-0.39, 0.29) is 11.4 Å². The number of hydrogen-bond donors (Lipinski definition) is 1. The molecular weight excluding hydrogens is 416 g/mol. The van der Waals surface area contributed by atoms with Gasteiger partial charge in [-0.3, -0.25) is 0 Å². The molecule has 1 heterocycles. The van der Waals surface area contributed by atoms with Crippen molar-refractivity contribution in [2.75, 3.05) is 26.5 Å². The van der Waals surface area contributed by atoms with E-state index in [0.717, 1.165) is 25.9 Å². The van der Waals surface area contributed by atoms with E-state index in [1.807, 2.05) is 18.2 Å². The van der Waals surface area contributed by atoms with Crippen molar-refractivity contribution in [2.24, 2.45) is 0 Å². The summed E-state index contributed by atoms with van der Waals surface area (Å²) in [6, 6.07) is 10.6. The molecule has 0 aliphatic rings. The summed E-state index contributed by atoms with van der Waals surface area (Å²) in [4.78, 5) is 4.76. The van der Waals surface area contributed by atoms with E-state index >= 15 is 0 Å². The van der Waals surface area contributed by atoms with Crippen molar-refractivity contribution in [3.8, 4) is 11.5 Å². The second-order valence-electron chi connectivity index (χ2n) is 5.88. The first-order valence-electron chi connectivity index (χ1n) is 8.70. The van der Waals surface area contributed by atoms with Crippen molar-refractivity contribution in [3.05, 3.63) is 42.0 Å². The maximum Gasteiger partial charge on any atom is 0.240 e. The molecule has 1 N–H and O–H groups in total. The van der Waals surface area contributed by atoms with E-state index in [0.29, 0.717) is 17.9 Å². The zero-order chi connectivity index (χ0) is 20.1. The monoisotopic (exact) mass is 438 g/mol. The summed E-state index contributed by atoms with van der Waals surface area (Å²) in [6.45, 7) is 2.35. The molecule has 0 spiro atoms. The van der Waals surface area contributed by atoms with E-state index in [1.165, 1.54) is 11.3 Å². The zero-order valence-corrected chi connectivity index (χ0v) is 18.3. The van der Waals surface area contributed by atoms with Gasteiger partial charge in [0.05, 0.1) is 29.3 Å². The Morgan fingerprint density at radius 1 is 1.11 bits per heavy atom. The van der Waals surface area contributed by atoms with Crippen molar-refractivity contribution < 1.29 is 17.9 Å². The van der Waals surface area contributed by atoms with Gasteiger partial charge in [0.25, 0.3) is 0 Å². The third-order valence-corrected chi connectivity index (χ3v) is 7.57. The van der Waals surface area contributed by atoms with Gasteiger partial charge in [-0.1, -0.05) is 24.8 Å². The van der Waals surface area contributed by atoms with Crippen LogP contribution in [-0.2, 0) is 16.4 Å². The predicted molar refractivity (Wildman–Crippen MR) is 114 cm³/mol. The second kappa shape index (κ2) is 9.13. The van der Waals surface area contributed by atoms with Gasteiger partial charge in [-0.2, -0.15) is 0 Å². The Bertz CT molecular complexity index is 1060. The quantitative estimate of drug-likeness (QED) is 0.510. The van der Waals surface area contributed by atoms with Crippen LogP contribution >= 0.6 is 23.1 Å². The first kappa shape index (κ1) is 20.9. The molecule has 1 aromatic heterocycles. The largest absolute Gasteiger partial charge is 0.493 e. The summed E-state index contributed by atoms with van der Waals surface area (Å²) in [5.74, 6) is 2.20. The van der Waals surface area contributed by atoms with Crippen LogP contribution in [-0.4, -0.2) is 39.9 Å². The molecule has 0 fully saturated rings. The molecule has 3 aromatic rings. The molecule has 3 rings (SSSR count). The third-order valence-electron chi connectivity index (χ3n) is 4.07. The molecule has 0 unspecified atom stereocenters. The number of methoxy groups -OCH3 is 2. The fourth-order valence-corrected chi connectivity index (χ4v) is 5.82. The molecule has 28 heavy (non-hydrogen) atoms. The van der Waals surface area contributed by atoms with E-state index in [9.17, 15) is 8.42 Å². The lowest BCUT2D eigenvalue weighted by Crippen LogP contribution is -2.26. The summed E-state index contributed by atoms with van der Waals surface area (Å²) in [5.41, 5.74) is 1.78. The van der Waals surface area contributed by atoms with Gasteiger partial charge in [-0.25, -0.2) is 18.1 Å². The van der Waals surface area contributed by atoms with Gasteiger partial charge in [0, 0.05) is 6.54 Å². The number of rotatable bonds is 9. The maximum absolute atomic E-state index is 12.6. The standard InChI is InChI=1S/C19H22N2O4S3/c1-4-26-19-21-15-7-6-14(12-18(15)27-19)28(22,23)20-10-9-13-5-8-16(24-2)17(11-13)25-3/h5-8,11-12,20H,4,9-10H2,1-3H3. The molecule has 0 aliphatic carbocycles. The Morgan fingerprint density at radius 3 is 2.61 bits per heavy atom. The topological polar surface area (TPSA) is 77.5 Å².